The van der Waals surface area contributed by atoms with Crippen molar-refractivity contribution >= 4 is 0 Å². The van der Waals surface area contributed by atoms with Crippen molar-refractivity contribution in [3.8, 4) is 0 Å². The second-order valence-electron chi connectivity index (χ2n) is 6.43. The molecule has 0 saturated carbocycles. The van der Waals surface area contributed by atoms with Gasteiger partial charge < -0.3 is 5.73 Å². The highest BCUT2D eigenvalue weighted by Crippen LogP contribution is 2.31. The largest absolute Gasteiger partial charge is 0.329 e. The van der Waals surface area contributed by atoms with Crippen molar-refractivity contribution in [3.63, 3.8) is 0 Å². The number of hydrogen-bond donors (Lipinski definition) is 1. The zero-order chi connectivity index (χ0) is 14.3. The Morgan fingerprint density at radius 1 is 1.45 bits per heavy atom. The summed E-state index contributed by atoms with van der Waals surface area (Å²) >= 11 is 0. The quantitative estimate of drug-likeness (QED) is 0.892. The first-order chi connectivity index (χ1) is 9.60. The third-order valence-electron chi connectivity index (χ3n) is 5.02. The van der Waals surface area contributed by atoms with E-state index in [0.717, 1.165) is 18.3 Å². The number of piperazine rings is 1. The molecule has 1 aromatic rings. The molecule has 1 aromatic heterocycles. The highest BCUT2D eigenvalue weighted by molar-refractivity contribution is 5.21. The molecule has 0 aliphatic carbocycles. The first-order valence-corrected chi connectivity index (χ1v) is 7.80. The van der Waals surface area contributed by atoms with Gasteiger partial charge in [0.25, 0.3) is 0 Å². The van der Waals surface area contributed by atoms with Crippen LogP contribution in [0, 0.1) is 6.92 Å². The molecular weight excluding hydrogens is 250 g/mol. The van der Waals surface area contributed by atoms with Crippen LogP contribution in [0.15, 0.2) is 6.20 Å². The van der Waals surface area contributed by atoms with E-state index >= 15 is 0 Å². The van der Waals surface area contributed by atoms with Crippen molar-refractivity contribution in [2.45, 2.75) is 44.8 Å². The fourth-order valence-corrected chi connectivity index (χ4v) is 4.03. The summed E-state index contributed by atoms with van der Waals surface area (Å²) in [5, 5.41) is 4.49. The Morgan fingerprint density at radius 3 is 2.90 bits per heavy atom. The summed E-state index contributed by atoms with van der Waals surface area (Å²) in [4.78, 5) is 5.27. The average Bonchev–Trinajstić information content (AvgIpc) is 2.97. The van der Waals surface area contributed by atoms with E-state index in [1.807, 2.05) is 11.7 Å². The van der Waals surface area contributed by atoms with E-state index in [1.165, 1.54) is 31.5 Å². The monoisotopic (exact) mass is 277 g/mol. The number of nitrogens with zero attached hydrogens (tertiary/aromatic N) is 4. The van der Waals surface area contributed by atoms with Gasteiger partial charge in [-0.15, -0.1) is 0 Å². The molecule has 3 rings (SSSR count). The molecule has 0 amide bonds. The Labute approximate surface area is 121 Å². The molecule has 5 heteroatoms. The van der Waals surface area contributed by atoms with E-state index in [4.69, 9.17) is 5.73 Å². The van der Waals surface area contributed by atoms with Crippen LogP contribution in [0.4, 0.5) is 0 Å². The molecule has 2 saturated heterocycles. The van der Waals surface area contributed by atoms with Gasteiger partial charge in [0.1, 0.15) is 0 Å². The van der Waals surface area contributed by atoms with Gasteiger partial charge in [-0.25, -0.2) is 0 Å². The van der Waals surface area contributed by atoms with Gasteiger partial charge in [0.15, 0.2) is 0 Å². The average molecular weight is 277 g/mol. The number of aromatic nitrogens is 2. The van der Waals surface area contributed by atoms with E-state index in [9.17, 15) is 0 Å². The maximum atomic E-state index is 6.12. The molecule has 0 spiro atoms. The van der Waals surface area contributed by atoms with E-state index in [1.54, 1.807) is 0 Å². The van der Waals surface area contributed by atoms with Crippen LogP contribution in [0.25, 0.3) is 0 Å². The summed E-state index contributed by atoms with van der Waals surface area (Å²) in [6, 6.07) is 1.61. The molecule has 2 N–H and O–H groups in total. The molecule has 0 radical (unpaired) electrons. The standard InChI is InChI=1S/C15H27N5/c1-11-8-19-6-4-5-13(19)9-20(11)15(7-16)14-10-18(3)17-12(14)2/h10-11,13,15H,4-9,16H2,1-3H3. The van der Waals surface area contributed by atoms with Crippen LogP contribution in [0.2, 0.25) is 0 Å². The fraction of sp³-hybridized carbons (Fsp3) is 0.800. The fourth-order valence-electron chi connectivity index (χ4n) is 4.03. The van der Waals surface area contributed by atoms with Crippen LogP contribution in [-0.2, 0) is 7.05 Å². The van der Waals surface area contributed by atoms with Gasteiger partial charge in [-0.2, -0.15) is 5.10 Å². The van der Waals surface area contributed by atoms with Gasteiger partial charge >= 0.3 is 0 Å². The van der Waals surface area contributed by atoms with Crippen molar-refractivity contribution in [1.82, 2.24) is 19.6 Å². The van der Waals surface area contributed by atoms with Crippen LogP contribution < -0.4 is 5.73 Å². The lowest BCUT2D eigenvalue weighted by Gasteiger charge is -2.45. The van der Waals surface area contributed by atoms with E-state index in [2.05, 4.69) is 34.9 Å². The van der Waals surface area contributed by atoms with Gasteiger partial charge in [-0.1, -0.05) is 0 Å². The Morgan fingerprint density at radius 2 is 2.25 bits per heavy atom. The minimum atomic E-state index is 0.307. The van der Waals surface area contributed by atoms with Crippen LogP contribution in [0.3, 0.4) is 0 Å². The number of hydrogen-bond acceptors (Lipinski definition) is 4. The summed E-state index contributed by atoms with van der Waals surface area (Å²) < 4.78 is 1.91. The molecule has 5 nitrogen and oxygen atoms in total. The summed E-state index contributed by atoms with van der Waals surface area (Å²) in [6.07, 6.45) is 4.83. The number of rotatable bonds is 3. The van der Waals surface area contributed by atoms with E-state index < -0.39 is 0 Å². The molecule has 2 fully saturated rings. The summed E-state index contributed by atoms with van der Waals surface area (Å²) in [6.45, 7) is 8.71. The van der Waals surface area contributed by atoms with Crippen LogP contribution in [0.5, 0.6) is 0 Å². The lowest BCUT2D eigenvalue weighted by atomic mass is 10.00. The SMILES string of the molecule is Cc1nn(C)cc1C(CN)N1CC2CCCN2CC1C. The molecule has 2 aliphatic rings. The van der Waals surface area contributed by atoms with Crippen molar-refractivity contribution in [2.24, 2.45) is 12.8 Å². The van der Waals surface area contributed by atoms with Gasteiger partial charge in [-0.05, 0) is 33.2 Å². The zero-order valence-electron chi connectivity index (χ0n) is 12.9. The molecule has 3 atom stereocenters. The molecule has 0 aromatic carbocycles. The molecule has 3 unspecified atom stereocenters. The highest BCUT2D eigenvalue weighted by Gasteiger charge is 2.37. The third kappa shape index (κ3) is 2.38. The number of fused-ring (bicyclic) bond motifs is 1. The van der Waals surface area contributed by atoms with Gasteiger partial charge in [-0.3, -0.25) is 14.5 Å². The van der Waals surface area contributed by atoms with Crippen LogP contribution >= 0.6 is 0 Å². The van der Waals surface area contributed by atoms with Gasteiger partial charge in [0.05, 0.1) is 11.7 Å². The van der Waals surface area contributed by atoms with Crippen molar-refractivity contribution in [2.75, 3.05) is 26.2 Å². The summed E-state index contributed by atoms with van der Waals surface area (Å²) in [7, 11) is 1.99. The first-order valence-electron chi connectivity index (χ1n) is 7.80. The smallest absolute Gasteiger partial charge is 0.0641 e. The van der Waals surface area contributed by atoms with Crippen LogP contribution in [0.1, 0.15) is 37.1 Å². The number of nitrogens with two attached hydrogens (primary N) is 1. The Balaban J connectivity index is 1.83. The third-order valence-corrected chi connectivity index (χ3v) is 5.02. The normalized spacial score (nSPS) is 29.6. The second-order valence-corrected chi connectivity index (χ2v) is 6.43. The predicted octanol–water partition coefficient (Wildman–Crippen LogP) is 0.897. The molecular formula is C15H27N5. The van der Waals surface area contributed by atoms with Gasteiger partial charge in [0.2, 0.25) is 0 Å². The van der Waals surface area contributed by atoms with Crippen molar-refractivity contribution in [1.29, 1.82) is 0 Å². The zero-order valence-corrected chi connectivity index (χ0v) is 12.9. The molecule has 0 bridgehead atoms. The molecule has 20 heavy (non-hydrogen) atoms. The Bertz CT molecular complexity index is 469. The second kappa shape index (κ2) is 5.47. The lowest BCUT2D eigenvalue weighted by molar-refractivity contribution is 0.0294. The summed E-state index contributed by atoms with van der Waals surface area (Å²) in [5.41, 5.74) is 8.54. The Kier molecular flexibility index (Phi) is 3.84. The minimum Gasteiger partial charge on any atom is -0.329 e. The summed E-state index contributed by atoms with van der Waals surface area (Å²) in [5.74, 6) is 0. The topological polar surface area (TPSA) is 50.3 Å². The minimum absolute atomic E-state index is 0.307. The van der Waals surface area contributed by atoms with Crippen molar-refractivity contribution in [3.05, 3.63) is 17.5 Å². The highest BCUT2D eigenvalue weighted by atomic mass is 15.3. The maximum absolute atomic E-state index is 6.12. The van der Waals surface area contributed by atoms with E-state index in [-0.39, 0.29) is 0 Å². The first kappa shape index (κ1) is 14.0. The predicted molar refractivity (Wildman–Crippen MR) is 80.5 cm³/mol. The molecule has 2 aliphatic heterocycles. The van der Waals surface area contributed by atoms with E-state index in [0.29, 0.717) is 18.6 Å². The molecule has 3 heterocycles. The van der Waals surface area contributed by atoms with Crippen LogP contribution in [-0.4, -0.2) is 57.8 Å². The Hall–Kier alpha value is -0.910. The molecule has 112 valence electrons. The van der Waals surface area contributed by atoms with Gasteiger partial charge in [0, 0.05) is 50.5 Å². The number of aryl methyl sites for hydroxylation is 2. The van der Waals surface area contributed by atoms with Crippen molar-refractivity contribution < 1.29 is 0 Å². The maximum Gasteiger partial charge on any atom is 0.0641 e. The lowest BCUT2D eigenvalue weighted by Crippen LogP contribution is -2.56.